The lowest BCUT2D eigenvalue weighted by atomic mass is 9.87. The van der Waals surface area contributed by atoms with E-state index in [1.165, 1.54) is 0 Å². The number of anilines is 1. The number of nitrogens with one attached hydrogen (secondary N) is 2. The van der Waals surface area contributed by atoms with Gasteiger partial charge in [0, 0.05) is 16.3 Å². The van der Waals surface area contributed by atoms with Gasteiger partial charge in [-0.15, -0.1) is 0 Å². The molecular weight excluding hydrogens is 380 g/mol. The molecule has 2 aromatic carbocycles. The van der Waals surface area contributed by atoms with E-state index < -0.39 is 24.4 Å². The fraction of sp³-hybridized carbons (Fsp3) is 0.286. The van der Waals surface area contributed by atoms with Gasteiger partial charge in [-0.1, -0.05) is 44.5 Å². The second kappa shape index (κ2) is 9.37. The van der Waals surface area contributed by atoms with Gasteiger partial charge < -0.3 is 15.4 Å². The van der Waals surface area contributed by atoms with E-state index in [1.807, 2.05) is 12.1 Å². The fourth-order valence-corrected chi connectivity index (χ4v) is 2.43. The molecule has 0 spiro atoms. The molecule has 0 atom stereocenters. The summed E-state index contributed by atoms with van der Waals surface area (Å²) in [5.41, 5.74) is 2.15. The Morgan fingerprint density at radius 3 is 2.14 bits per heavy atom. The molecule has 2 amide bonds. The third-order valence-electron chi connectivity index (χ3n) is 3.90. The predicted octanol–water partition coefficient (Wildman–Crippen LogP) is 3.55. The highest BCUT2D eigenvalue weighted by Gasteiger charge is 2.14. The van der Waals surface area contributed by atoms with E-state index in [9.17, 15) is 14.4 Å². The highest BCUT2D eigenvalue weighted by atomic mass is 35.5. The maximum Gasteiger partial charge on any atom is 0.325 e. The van der Waals surface area contributed by atoms with Crippen LogP contribution in [-0.2, 0) is 19.7 Å². The van der Waals surface area contributed by atoms with E-state index >= 15 is 0 Å². The first-order chi connectivity index (χ1) is 13.1. The molecule has 28 heavy (non-hydrogen) atoms. The zero-order valence-corrected chi connectivity index (χ0v) is 16.8. The van der Waals surface area contributed by atoms with Crippen LogP contribution in [-0.4, -0.2) is 30.9 Å². The van der Waals surface area contributed by atoms with Crippen molar-refractivity contribution >= 4 is 35.1 Å². The zero-order valence-electron chi connectivity index (χ0n) is 16.0. The molecule has 2 aromatic rings. The maximum absolute atomic E-state index is 11.9. The summed E-state index contributed by atoms with van der Waals surface area (Å²) >= 11 is 5.76. The van der Waals surface area contributed by atoms with E-state index in [0.29, 0.717) is 16.3 Å². The molecule has 0 saturated heterocycles. The summed E-state index contributed by atoms with van der Waals surface area (Å²) in [6.45, 7) is 5.54. The average molecular weight is 403 g/mol. The summed E-state index contributed by atoms with van der Waals surface area (Å²) in [6.07, 6.45) is 0. The summed E-state index contributed by atoms with van der Waals surface area (Å²) in [6, 6.07) is 13.7. The second-order valence-corrected chi connectivity index (χ2v) is 7.66. The Morgan fingerprint density at radius 1 is 0.964 bits per heavy atom. The van der Waals surface area contributed by atoms with E-state index in [0.717, 1.165) is 5.56 Å². The number of ether oxygens (including phenoxy) is 1. The molecule has 0 aliphatic heterocycles. The number of carbonyl (C=O) groups is 3. The molecule has 0 fully saturated rings. The Balaban J connectivity index is 1.74. The van der Waals surface area contributed by atoms with Gasteiger partial charge in [0.1, 0.15) is 6.54 Å². The molecule has 2 rings (SSSR count). The van der Waals surface area contributed by atoms with Crippen molar-refractivity contribution < 1.29 is 19.1 Å². The third-order valence-corrected chi connectivity index (χ3v) is 4.15. The maximum atomic E-state index is 11.9. The van der Waals surface area contributed by atoms with Crippen LogP contribution in [0.1, 0.15) is 36.7 Å². The van der Waals surface area contributed by atoms with Gasteiger partial charge in [0.15, 0.2) is 6.61 Å². The first-order valence-electron chi connectivity index (χ1n) is 8.75. The molecule has 148 valence electrons. The first kappa shape index (κ1) is 21.4. The third kappa shape index (κ3) is 6.70. The van der Waals surface area contributed by atoms with Crippen LogP contribution >= 0.6 is 11.6 Å². The molecule has 0 unspecified atom stereocenters. The molecule has 0 saturated carbocycles. The minimum absolute atomic E-state index is 0.0223. The Morgan fingerprint density at radius 2 is 1.57 bits per heavy atom. The van der Waals surface area contributed by atoms with Gasteiger partial charge in [-0.3, -0.25) is 14.4 Å². The average Bonchev–Trinajstić information content (AvgIpc) is 2.64. The topological polar surface area (TPSA) is 84.5 Å². The van der Waals surface area contributed by atoms with Crippen LogP contribution in [0.25, 0.3) is 0 Å². The number of rotatable bonds is 6. The monoisotopic (exact) mass is 402 g/mol. The van der Waals surface area contributed by atoms with Gasteiger partial charge in [0.2, 0.25) is 0 Å². The Bertz CT molecular complexity index is 840. The van der Waals surface area contributed by atoms with Crippen molar-refractivity contribution in [2.75, 3.05) is 18.5 Å². The van der Waals surface area contributed by atoms with Crippen molar-refractivity contribution in [1.29, 1.82) is 0 Å². The SMILES string of the molecule is CC(C)(C)c1ccc(NC(=O)COC(=O)CNC(=O)c2ccc(Cl)cc2)cc1. The molecule has 0 bridgehead atoms. The molecule has 0 heterocycles. The van der Waals surface area contributed by atoms with E-state index in [4.69, 9.17) is 16.3 Å². The van der Waals surface area contributed by atoms with E-state index in [1.54, 1.807) is 36.4 Å². The number of halogens is 1. The van der Waals surface area contributed by atoms with Gasteiger partial charge in [0.05, 0.1) is 0 Å². The number of hydrogen-bond acceptors (Lipinski definition) is 4. The molecule has 0 radical (unpaired) electrons. The van der Waals surface area contributed by atoms with Crippen molar-refractivity contribution in [3.8, 4) is 0 Å². The van der Waals surface area contributed by atoms with Crippen LogP contribution in [0.2, 0.25) is 5.02 Å². The van der Waals surface area contributed by atoms with Crippen molar-refractivity contribution in [1.82, 2.24) is 5.32 Å². The fourth-order valence-electron chi connectivity index (χ4n) is 2.30. The molecule has 6 nitrogen and oxygen atoms in total. The predicted molar refractivity (Wildman–Crippen MR) is 109 cm³/mol. The molecule has 0 aliphatic rings. The highest BCUT2D eigenvalue weighted by Crippen LogP contribution is 2.23. The molecule has 0 aliphatic carbocycles. The van der Waals surface area contributed by atoms with Crippen LogP contribution in [0.4, 0.5) is 5.69 Å². The van der Waals surface area contributed by atoms with E-state index in [2.05, 4.69) is 31.4 Å². The summed E-state index contributed by atoms with van der Waals surface area (Å²) in [4.78, 5) is 35.5. The summed E-state index contributed by atoms with van der Waals surface area (Å²) < 4.78 is 4.87. The number of esters is 1. The molecule has 0 aromatic heterocycles. The van der Waals surface area contributed by atoms with Crippen LogP contribution in [0.5, 0.6) is 0 Å². The number of carbonyl (C=O) groups excluding carboxylic acids is 3. The largest absolute Gasteiger partial charge is 0.454 e. The Kier molecular flexibility index (Phi) is 7.18. The van der Waals surface area contributed by atoms with Gasteiger partial charge in [-0.25, -0.2) is 0 Å². The van der Waals surface area contributed by atoms with Gasteiger partial charge in [-0.2, -0.15) is 0 Å². The summed E-state index contributed by atoms with van der Waals surface area (Å²) in [5, 5.41) is 5.59. The lowest BCUT2D eigenvalue weighted by molar-refractivity contribution is -0.146. The van der Waals surface area contributed by atoms with Crippen LogP contribution in [0.3, 0.4) is 0 Å². The van der Waals surface area contributed by atoms with Gasteiger partial charge in [0.25, 0.3) is 11.8 Å². The number of amides is 2. The normalized spacial score (nSPS) is 10.9. The zero-order chi connectivity index (χ0) is 20.7. The molecule has 2 N–H and O–H groups in total. The first-order valence-corrected chi connectivity index (χ1v) is 9.13. The quantitative estimate of drug-likeness (QED) is 0.723. The minimum atomic E-state index is -0.708. The lowest BCUT2D eigenvalue weighted by Crippen LogP contribution is -2.32. The van der Waals surface area contributed by atoms with Crippen molar-refractivity contribution in [3.05, 3.63) is 64.7 Å². The van der Waals surface area contributed by atoms with Crippen molar-refractivity contribution in [2.24, 2.45) is 0 Å². The highest BCUT2D eigenvalue weighted by molar-refractivity contribution is 6.30. The van der Waals surface area contributed by atoms with Crippen LogP contribution in [0, 0.1) is 0 Å². The molecule has 7 heteroatoms. The number of hydrogen-bond donors (Lipinski definition) is 2. The lowest BCUT2D eigenvalue weighted by Gasteiger charge is -2.19. The smallest absolute Gasteiger partial charge is 0.325 e. The van der Waals surface area contributed by atoms with Gasteiger partial charge >= 0.3 is 5.97 Å². The van der Waals surface area contributed by atoms with Crippen LogP contribution in [0.15, 0.2) is 48.5 Å². The van der Waals surface area contributed by atoms with Crippen molar-refractivity contribution in [2.45, 2.75) is 26.2 Å². The van der Waals surface area contributed by atoms with Crippen LogP contribution < -0.4 is 10.6 Å². The molecular formula is C21H23ClN2O4. The second-order valence-electron chi connectivity index (χ2n) is 7.23. The summed E-state index contributed by atoms with van der Waals surface area (Å²) in [5.74, 6) is -1.60. The number of benzene rings is 2. The van der Waals surface area contributed by atoms with Crippen molar-refractivity contribution in [3.63, 3.8) is 0 Å². The Labute approximate surface area is 169 Å². The Hall–Kier alpha value is -2.86. The summed E-state index contributed by atoms with van der Waals surface area (Å²) in [7, 11) is 0. The minimum Gasteiger partial charge on any atom is -0.454 e. The van der Waals surface area contributed by atoms with E-state index in [-0.39, 0.29) is 12.0 Å². The van der Waals surface area contributed by atoms with Gasteiger partial charge in [-0.05, 0) is 47.4 Å². The standard InChI is InChI=1S/C21H23ClN2O4/c1-21(2,3)15-6-10-17(11-7-15)24-18(25)13-28-19(26)12-23-20(27)14-4-8-16(22)9-5-14/h4-11H,12-13H2,1-3H3,(H,23,27)(H,24,25).